The molecule has 0 bridgehead atoms. The molecule has 17 heavy (non-hydrogen) atoms. The second-order valence-corrected chi connectivity index (χ2v) is 3.64. The molecule has 6 heteroatoms. The molecule has 0 spiro atoms. The van der Waals surface area contributed by atoms with Crippen LogP contribution in [0, 0.1) is 0 Å². The highest BCUT2D eigenvalue weighted by Crippen LogP contribution is 2.27. The van der Waals surface area contributed by atoms with Crippen molar-refractivity contribution < 1.29 is 20.1 Å². The Labute approximate surface area is 98.7 Å². The molecular weight excluding hydrogens is 224 g/mol. The molecular formula is C11H16N2O4. The normalized spacial score (nSPS) is 12.4. The number of nitrogens with two attached hydrogens (primary N) is 1. The highest BCUT2D eigenvalue weighted by Gasteiger charge is 2.10. The van der Waals surface area contributed by atoms with E-state index in [0.29, 0.717) is 5.56 Å². The van der Waals surface area contributed by atoms with Gasteiger partial charge in [0.25, 0.3) is 0 Å². The van der Waals surface area contributed by atoms with Crippen molar-refractivity contribution in [2.75, 3.05) is 19.6 Å². The number of Topliss-reactive ketones (excluding diaryl/α,β-unsaturated/α-hetero) is 1. The fourth-order valence-corrected chi connectivity index (χ4v) is 1.29. The topological polar surface area (TPSA) is 116 Å². The Morgan fingerprint density at radius 3 is 2.65 bits per heavy atom. The van der Waals surface area contributed by atoms with Gasteiger partial charge >= 0.3 is 0 Å². The average molecular weight is 240 g/mol. The van der Waals surface area contributed by atoms with Crippen molar-refractivity contribution in [1.82, 2.24) is 5.32 Å². The number of carbonyl (C=O) groups is 1. The minimum atomic E-state index is -0.868. The molecule has 1 aromatic rings. The molecule has 0 amide bonds. The number of carbonyl (C=O) groups excluding carboxylic acids is 1. The molecule has 0 fully saturated rings. The molecule has 0 aliphatic rings. The number of ketones is 1. The van der Waals surface area contributed by atoms with Crippen molar-refractivity contribution in [2.24, 2.45) is 5.73 Å². The molecule has 6 nitrogen and oxygen atoms in total. The van der Waals surface area contributed by atoms with Gasteiger partial charge in [0, 0.05) is 6.54 Å². The van der Waals surface area contributed by atoms with Gasteiger partial charge in [0.05, 0.1) is 19.2 Å². The number of rotatable bonds is 6. The zero-order chi connectivity index (χ0) is 12.8. The van der Waals surface area contributed by atoms with Crippen LogP contribution in [0.25, 0.3) is 0 Å². The van der Waals surface area contributed by atoms with Crippen molar-refractivity contribution >= 4 is 5.78 Å². The van der Waals surface area contributed by atoms with Gasteiger partial charge in [-0.3, -0.25) is 4.79 Å². The predicted octanol–water partition coefficient (Wildman–Crippen LogP) is -0.751. The van der Waals surface area contributed by atoms with Gasteiger partial charge in [0.15, 0.2) is 17.3 Å². The van der Waals surface area contributed by atoms with E-state index in [-0.39, 0.29) is 36.9 Å². The Morgan fingerprint density at radius 1 is 1.35 bits per heavy atom. The van der Waals surface area contributed by atoms with E-state index in [1.165, 1.54) is 18.2 Å². The summed E-state index contributed by atoms with van der Waals surface area (Å²) in [6.07, 6.45) is -0.868. The summed E-state index contributed by atoms with van der Waals surface area (Å²) < 4.78 is 0. The first-order valence-corrected chi connectivity index (χ1v) is 5.17. The largest absolute Gasteiger partial charge is 0.504 e. The third-order valence-corrected chi connectivity index (χ3v) is 2.27. The smallest absolute Gasteiger partial charge is 0.160 e. The van der Waals surface area contributed by atoms with Crippen molar-refractivity contribution in [3.63, 3.8) is 0 Å². The summed E-state index contributed by atoms with van der Waals surface area (Å²) in [5, 5.41) is 30.8. The highest BCUT2D eigenvalue weighted by molar-refractivity contribution is 5.82. The summed E-state index contributed by atoms with van der Waals surface area (Å²) in [7, 11) is 0. The second kappa shape index (κ2) is 6.19. The maximum atomic E-state index is 10.9. The molecule has 0 aliphatic carbocycles. The van der Waals surface area contributed by atoms with Gasteiger partial charge in [-0.25, -0.2) is 0 Å². The maximum Gasteiger partial charge on any atom is 0.160 e. The van der Waals surface area contributed by atoms with E-state index < -0.39 is 6.10 Å². The number of hydrogen-bond donors (Lipinski definition) is 5. The number of nitrogens with one attached hydrogen (secondary N) is 1. The first-order valence-electron chi connectivity index (χ1n) is 5.17. The third-order valence-electron chi connectivity index (χ3n) is 2.27. The molecule has 1 atom stereocenters. The van der Waals surface area contributed by atoms with E-state index in [2.05, 4.69) is 5.32 Å². The van der Waals surface area contributed by atoms with Crippen LogP contribution in [-0.4, -0.2) is 40.7 Å². The minimum absolute atomic E-state index is 0.0386. The van der Waals surface area contributed by atoms with Crippen molar-refractivity contribution in [1.29, 1.82) is 0 Å². The van der Waals surface area contributed by atoms with Crippen LogP contribution < -0.4 is 11.1 Å². The Bertz CT molecular complexity index is 395. The lowest BCUT2D eigenvalue weighted by molar-refractivity contribution is -0.117. The zero-order valence-electron chi connectivity index (χ0n) is 9.26. The SMILES string of the molecule is NCC(=O)CNCC(O)c1ccc(O)c(O)c1. The second-order valence-electron chi connectivity index (χ2n) is 3.64. The standard InChI is InChI=1S/C11H16N2O4/c12-4-8(14)5-13-6-11(17)7-1-2-9(15)10(16)3-7/h1-3,11,13,15-17H,4-6,12H2. The van der Waals surface area contributed by atoms with Crippen LogP contribution >= 0.6 is 0 Å². The quantitative estimate of drug-likeness (QED) is 0.418. The van der Waals surface area contributed by atoms with Gasteiger partial charge in [-0.15, -0.1) is 0 Å². The zero-order valence-corrected chi connectivity index (χ0v) is 9.26. The molecule has 1 unspecified atom stereocenters. The number of benzene rings is 1. The van der Waals surface area contributed by atoms with Crippen LogP contribution in [0.3, 0.4) is 0 Å². The maximum absolute atomic E-state index is 10.9. The van der Waals surface area contributed by atoms with Crippen LogP contribution in [0.5, 0.6) is 11.5 Å². The van der Waals surface area contributed by atoms with Gasteiger partial charge < -0.3 is 26.4 Å². The molecule has 1 aromatic carbocycles. The van der Waals surface area contributed by atoms with E-state index >= 15 is 0 Å². The number of aliphatic hydroxyl groups excluding tert-OH is 1. The van der Waals surface area contributed by atoms with E-state index in [4.69, 9.17) is 10.8 Å². The summed E-state index contributed by atoms with van der Waals surface area (Å²) in [4.78, 5) is 10.9. The Hall–Kier alpha value is -1.63. The lowest BCUT2D eigenvalue weighted by Crippen LogP contribution is -2.31. The van der Waals surface area contributed by atoms with E-state index in [1.807, 2.05) is 0 Å². The lowest BCUT2D eigenvalue weighted by Gasteiger charge is -2.12. The monoisotopic (exact) mass is 240 g/mol. The van der Waals surface area contributed by atoms with Gasteiger partial charge in [-0.05, 0) is 17.7 Å². The van der Waals surface area contributed by atoms with Gasteiger partial charge in [-0.2, -0.15) is 0 Å². The average Bonchev–Trinajstić information content (AvgIpc) is 2.32. The predicted molar refractivity (Wildman–Crippen MR) is 61.7 cm³/mol. The fraction of sp³-hybridized carbons (Fsp3) is 0.364. The Morgan fingerprint density at radius 2 is 2.06 bits per heavy atom. The number of aromatic hydroxyl groups is 2. The molecule has 1 rings (SSSR count). The summed E-state index contributed by atoms with van der Waals surface area (Å²) in [5.74, 6) is -0.683. The van der Waals surface area contributed by atoms with Gasteiger partial charge in [-0.1, -0.05) is 6.07 Å². The molecule has 0 saturated carbocycles. The molecule has 6 N–H and O–H groups in total. The molecule has 0 aliphatic heterocycles. The van der Waals surface area contributed by atoms with Crippen molar-refractivity contribution in [2.45, 2.75) is 6.10 Å². The van der Waals surface area contributed by atoms with Gasteiger partial charge in [0.1, 0.15) is 0 Å². The van der Waals surface area contributed by atoms with Crippen LogP contribution in [0.1, 0.15) is 11.7 Å². The molecule has 0 aromatic heterocycles. The molecule has 0 heterocycles. The Kier molecular flexibility index (Phi) is 4.89. The van der Waals surface area contributed by atoms with Crippen LogP contribution in [0.15, 0.2) is 18.2 Å². The van der Waals surface area contributed by atoms with E-state index in [1.54, 1.807) is 0 Å². The molecule has 0 saturated heterocycles. The van der Waals surface area contributed by atoms with Crippen molar-refractivity contribution in [3.8, 4) is 11.5 Å². The van der Waals surface area contributed by atoms with Crippen molar-refractivity contribution in [3.05, 3.63) is 23.8 Å². The lowest BCUT2D eigenvalue weighted by atomic mass is 10.1. The summed E-state index contributed by atoms with van der Waals surface area (Å²) in [6.45, 7) is 0.219. The number of aliphatic hydroxyl groups is 1. The van der Waals surface area contributed by atoms with Crippen LogP contribution in [0.2, 0.25) is 0 Å². The van der Waals surface area contributed by atoms with E-state index in [0.717, 1.165) is 0 Å². The third kappa shape index (κ3) is 4.03. The van der Waals surface area contributed by atoms with Crippen LogP contribution in [-0.2, 0) is 4.79 Å². The first-order chi connectivity index (χ1) is 8.04. The summed E-state index contributed by atoms with van der Waals surface area (Å²) in [5.41, 5.74) is 5.58. The molecule has 94 valence electrons. The highest BCUT2D eigenvalue weighted by atomic mass is 16.3. The summed E-state index contributed by atoms with van der Waals surface area (Å²) in [6, 6.07) is 4.05. The van der Waals surface area contributed by atoms with E-state index in [9.17, 15) is 15.0 Å². The first kappa shape index (κ1) is 13.4. The molecule has 0 radical (unpaired) electrons. The summed E-state index contributed by atoms with van der Waals surface area (Å²) >= 11 is 0. The fourth-order valence-electron chi connectivity index (χ4n) is 1.29. The van der Waals surface area contributed by atoms with Gasteiger partial charge in [0.2, 0.25) is 0 Å². The number of hydrogen-bond acceptors (Lipinski definition) is 6. The minimum Gasteiger partial charge on any atom is -0.504 e. The number of phenols is 2. The Balaban J connectivity index is 2.49. The van der Waals surface area contributed by atoms with Crippen LogP contribution in [0.4, 0.5) is 0 Å². The number of phenolic OH excluding ortho intramolecular Hbond substituents is 2.